The molecule has 0 radical (unpaired) electrons. The zero-order valence-electron chi connectivity index (χ0n) is 9.65. The monoisotopic (exact) mass is 228 g/mol. The van der Waals surface area contributed by atoms with Crippen LogP contribution in [0.25, 0.3) is 0 Å². The average Bonchev–Trinajstić information content (AvgIpc) is 2.14. The van der Waals surface area contributed by atoms with E-state index in [1.54, 1.807) is 14.0 Å². The molecule has 84 valence electrons. The summed E-state index contributed by atoms with van der Waals surface area (Å²) < 4.78 is 14.9. The van der Waals surface area contributed by atoms with Gasteiger partial charge in [-0.3, -0.25) is 0 Å². The summed E-state index contributed by atoms with van der Waals surface area (Å²) in [5.41, 5.74) is 0. The van der Waals surface area contributed by atoms with Crippen LogP contribution >= 0.6 is 0 Å². The minimum Gasteiger partial charge on any atom is -0.548 e. The molecule has 0 saturated heterocycles. The maximum Gasteiger partial charge on any atom is 1.00 e. The molecule has 0 aromatic rings. The predicted molar refractivity (Wildman–Crippen MR) is 47.7 cm³/mol. The molecule has 1 atom stereocenters. The number of ether oxygens (including phenoxy) is 3. The Morgan fingerprint density at radius 1 is 1.40 bits per heavy atom. The Morgan fingerprint density at radius 2 is 2.07 bits per heavy atom. The minimum absolute atomic E-state index is 0. The van der Waals surface area contributed by atoms with Crippen LogP contribution < -0.4 is 34.7 Å². The van der Waals surface area contributed by atoms with Crippen LogP contribution in [0, 0.1) is 0 Å². The normalized spacial score (nSPS) is 11.9. The topological polar surface area (TPSA) is 67.8 Å². The van der Waals surface area contributed by atoms with Crippen molar-refractivity contribution in [2.75, 3.05) is 33.5 Å². The summed E-state index contributed by atoms with van der Waals surface area (Å²) >= 11 is 0. The summed E-state index contributed by atoms with van der Waals surface area (Å²) in [7, 11) is 1.63. The Kier molecular flexibility index (Phi) is 14.7. The largest absolute Gasteiger partial charge is 1.00 e. The molecule has 0 bridgehead atoms. The Morgan fingerprint density at radius 3 is 2.60 bits per heavy atom. The van der Waals surface area contributed by atoms with E-state index in [0.29, 0.717) is 19.8 Å². The van der Waals surface area contributed by atoms with Gasteiger partial charge in [-0.25, -0.2) is 0 Å². The van der Waals surface area contributed by atoms with Crippen molar-refractivity contribution in [2.24, 2.45) is 0 Å². The van der Waals surface area contributed by atoms with E-state index in [1.165, 1.54) is 0 Å². The molecular weight excluding hydrogens is 211 g/mol. The number of hydrogen-bond donors (Lipinski definition) is 0. The first-order valence-corrected chi connectivity index (χ1v) is 4.55. The Balaban J connectivity index is 0. The molecule has 0 aliphatic carbocycles. The molecule has 0 heterocycles. The number of carboxylic acid groups (broad SMARTS) is 1. The molecule has 0 saturated carbocycles. The van der Waals surface area contributed by atoms with Crippen molar-refractivity contribution in [3.8, 4) is 0 Å². The van der Waals surface area contributed by atoms with Gasteiger partial charge in [-0.15, -0.1) is 0 Å². The van der Waals surface area contributed by atoms with Crippen LogP contribution in [-0.2, 0) is 19.0 Å². The smallest absolute Gasteiger partial charge is 0.548 e. The molecule has 15 heavy (non-hydrogen) atoms. The van der Waals surface area contributed by atoms with Gasteiger partial charge in [0.05, 0.1) is 25.3 Å². The van der Waals surface area contributed by atoms with Crippen LogP contribution in [0.1, 0.15) is 13.3 Å². The van der Waals surface area contributed by atoms with Crippen molar-refractivity contribution in [1.29, 1.82) is 0 Å². The number of rotatable bonds is 9. The Labute approximate surface area is 112 Å². The third-order valence-corrected chi connectivity index (χ3v) is 1.48. The summed E-state index contributed by atoms with van der Waals surface area (Å²) in [5.74, 6) is -1.21. The Hall–Kier alpha value is 0.350. The zero-order chi connectivity index (χ0) is 10.8. The van der Waals surface area contributed by atoms with Gasteiger partial charge in [-0.2, -0.15) is 0 Å². The second-order valence-corrected chi connectivity index (χ2v) is 2.91. The first kappa shape index (κ1) is 17.7. The zero-order valence-corrected chi connectivity index (χ0v) is 11.7. The number of methoxy groups -OCH3 is 1. The quantitative estimate of drug-likeness (QED) is 0.299. The molecule has 0 fully saturated rings. The van der Waals surface area contributed by atoms with E-state index in [9.17, 15) is 9.90 Å². The van der Waals surface area contributed by atoms with Crippen LogP contribution in [0.3, 0.4) is 0 Å². The average molecular weight is 228 g/mol. The van der Waals surface area contributed by atoms with Crippen molar-refractivity contribution in [1.82, 2.24) is 0 Å². The summed E-state index contributed by atoms with van der Waals surface area (Å²) in [6.07, 6.45) is 0.597. The van der Waals surface area contributed by atoms with E-state index < -0.39 is 5.97 Å². The van der Waals surface area contributed by atoms with Gasteiger partial charge in [0.2, 0.25) is 0 Å². The fraction of sp³-hybridized carbons (Fsp3) is 0.889. The predicted octanol–water partition coefficient (Wildman–Crippen LogP) is -3.80. The molecule has 0 aromatic carbocycles. The van der Waals surface area contributed by atoms with E-state index in [0.717, 1.165) is 6.42 Å². The standard InChI is InChI=1S/C9H18O5.Na/c1-8(14-7-9(10)11)6-13-5-3-4-12-2;/h8H,3-7H2,1-2H3,(H,10,11);/q;+1/p-1. The van der Waals surface area contributed by atoms with E-state index in [2.05, 4.69) is 0 Å². The van der Waals surface area contributed by atoms with E-state index in [1.807, 2.05) is 0 Å². The van der Waals surface area contributed by atoms with Crippen LogP contribution in [0.2, 0.25) is 0 Å². The van der Waals surface area contributed by atoms with Crippen molar-refractivity contribution in [2.45, 2.75) is 19.4 Å². The number of hydrogen-bond acceptors (Lipinski definition) is 5. The van der Waals surface area contributed by atoms with Crippen LogP contribution in [0.5, 0.6) is 0 Å². The number of carboxylic acids is 1. The second kappa shape index (κ2) is 12.4. The molecule has 0 aliphatic rings. The van der Waals surface area contributed by atoms with E-state index in [-0.39, 0.29) is 42.3 Å². The molecular formula is C9H17NaO5. The fourth-order valence-electron chi connectivity index (χ4n) is 0.813. The van der Waals surface area contributed by atoms with Gasteiger partial charge in [0, 0.05) is 20.3 Å². The van der Waals surface area contributed by atoms with Gasteiger partial charge in [0.25, 0.3) is 0 Å². The summed E-state index contributed by atoms with van der Waals surface area (Å²) in [6, 6.07) is 0. The second-order valence-electron chi connectivity index (χ2n) is 2.91. The molecule has 0 spiro atoms. The van der Waals surface area contributed by atoms with Gasteiger partial charge < -0.3 is 24.1 Å². The fourth-order valence-corrected chi connectivity index (χ4v) is 0.813. The van der Waals surface area contributed by atoms with Gasteiger partial charge in [0.15, 0.2) is 0 Å². The maximum atomic E-state index is 10.0. The van der Waals surface area contributed by atoms with E-state index in [4.69, 9.17) is 14.2 Å². The molecule has 0 aromatic heterocycles. The molecule has 0 rings (SSSR count). The number of aliphatic carboxylic acids is 1. The van der Waals surface area contributed by atoms with Crippen LogP contribution in [-0.4, -0.2) is 45.6 Å². The number of carbonyl (C=O) groups is 1. The maximum absolute atomic E-state index is 10.0. The van der Waals surface area contributed by atoms with Gasteiger partial charge >= 0.3 is 29.6 Å². The third-order valence-electron chi connectivity index (χ3n) is 1.48. The van der Waals surface area contributed by atoms with Crippen LogP contribution in [0.15, 0.2) is 0 Å². The van der Waals surface area contributed by atoms with Crippen molar-refractivity contribution in [3.63, 3.8) is 0 Å². The molecule has 0 N–H and O–H groups in total. The molecule has 1 unspecified atom stereocenters. The minimum atomic E-state index is -1.21. The van der Waals surface area contributed by atoms with Crippen LogP contribution in [0.4, 0.5) is 0 Å². The molecule has 0 aliphatic heterocycles. The van der Waals surface area contributed by atoms with Gasteiger partial charge in [-0.05, 0) is 13.3 Å². The van der Waals surface area contributed by atoms with Crippen molar-refractivity contribution >= 4 is 5.97 Å². The molecule has 6 heteroatoms. The van der Waals surface area contributed by atoms with E-state index >= 15 is 0 Å². The molecule has 5 nitrogen and oxygen atoms in total. The van der Waals surface area contributed by atoms with Gasteiger partial charge in [-0.1, -0.05) is 0 Å². The molecule has 0 amide bonds. The van der Waals surface area contributed by atoms with Crippen molar-refractivity contribution in [3.05, 3.63) is 0 Å². The summed E-state index contributed by atoms with van der Waals surface area (Å²) in [5, 5.41) is 10.0. The SMILES string of the molecule is COCCCOCC(C)OCC(=O)[O-].[Na+]. The van der Waals surface area contributed by atoms with Crippen molar-refractivity contribution < 1.29 is 53.7 Å². The number of carbonyl (C=O) groups excluding carboxylic acids is 1. The Bertz CT molecular complexity index is 153. The summed E-state index contributed by atoms with van der Waals surface area (Å²) in [6.45, 7) is 3.00. The first-order valence-electron chi connectivity index (χ1n) is 4.55. The summed E-state index contributed by atoms with van der Waals surface area (Å²) in [4.78, 5) is 10.0. The van der Waals surface area contributed by atoms with Gasteiger partial charge in [0.1, 0.15) is 0 Å². The third kappa shape index (κ3) is 14.4. The first-order chi connectivity index (χ1) is 6.66.